The first-order chi connectivity index (χ1) is 8.49. The summed E-state index contributed by atoms with van der Waals surface area (Å²) in [4.78, 5) is 0. The highest BCUT2D eigenvalue weighted by atomic mass is 19.1. The number of rotatable bonds is 2. The molecule has 2 rings (SSSR count). The number of hydrogen-bond donors (Lipinski definition) is 2. The molecule has 0 aliphatic rings. The molecule has 0 bridgehead atoms. The molecule has 3 N–H and O–H groups in total. The Balaban J connectivity index is 2.43. The summed E-state index contributed by atoms with van der Waals surface area (Å²) in [7, 11) is 0. The lowest BCUT2D eigenvalue weighted by molar-refractivity contribution is 0.549. The van der Waals surface area contributed by atoms with E-state index in [1.54, 1.807) is 0 Å². The molecule has 0 fully saturated rings. The molecule has 6 heteroatoms. The van der Waals surface area contributed by atoms with Gasteiger partial charge in [0.15, 0.2) is 11.6 Å². The van der Waals surface area contributed by atoms with Crippen LogP contribution in [0.25, 0.3) is 0 Å². The van der Waals surface area contributed by atoms with Crippen LogP contribution in [-0.4, -0.2) is 0 Å². The van der Waals surface area contributed by atoms with Crippen molar-refractivity contribution in [3.8, 4) is 0 Å². The van der Waals surface area contributed by atoms with Gasteiger partial charge in [0.05, 0.1) is 11.4 Å². The van der Waals surface area contributed by atoms with E-state index < -0.39 is 29.0 Å². The minimum absolute atomic E-state index is 0.000548. The molecule has 0 unspecified atom stereocenters. The molecule has 94 valence electrons. The van der Waals surface area contributed by atoms with Crippen LogP contribution in [-0.2, 0) is 0 Å². The fraction of sp³-hybridized carbons (Fsp3) is 0. The first-order valence-corrected chi connectivity index (χ1v) is 4.94. The topological polar surface area (TPSA) is 38.0 Å². The molecule has 0 aliphatic carbocycles. The lowest BCUT2D eigenvalue weighted by atomic mass is 10.2. The van der Waals surface area contributed by atoms with E-state index in [1.807, 2.05) is 0 Å². The van der Waals surface area contributed by atoms with Gasteiger partial charge in [-0.25, -0.2) is 17.6 Å². The van der Waals surface area contributed by atoms with Crippen molar-refractivity contribution in [3.05, 3.63) is 53.6 Å². The summed E-state index contributed by atoms with van der Waals surface area (Å²) in [5.41, 5.74) is 4.54. The highest BCUT2D eigenvalue weighted by molar-refractivity contribution is 5.73. The molecule has 0 saturated carbocycles. The van der Waals surface area contributed by atoms with Gasteiger partial charge in [-0.15, -0.1) is 0 Å². The zero-order valence-corrected chi connectivity index (χ0v) is 8.98. The van der Waals surface area contributed by atoms with Crippen molar-refractivity contribution in [2.24, 2.45) is 0 Å². The van der Waals surface area contributed by atoms with Crippen LogP contribution in [0.1, 0.15) is 0 Å². The normalized spacial score (nSPS) is 10.4. The van der Waals surface area contributed by atoms with Crippen molar-refractivity contribution in [1.29, 1.82) is 0 Å². The third kappa shape index (κ3) is 2.22. The number of anilines is 3. The van der Waals surface area contributed by atoms with Crippen molar-refractivity contribution < 1.29 is 17.6 Å². The van der Waals surface area contributed by atoms with Crippen molar-refractivity contribution in [3.63, 3.8) is 0 Å². The average Bonchev–Trinajstić information content (AvgIpc) is 2.28. The standard InChI is InChI=1S/C12H8F4N2/c13-6-4-8(15)12(9(16)5-6)18-10-3-1-2-7(14)11(10)17/h1-5,18H,17H2. The Morgan fingerprint density at radius 1 is 0.889 bits per heavy atom. The van der Waals surface area contributed by atoms with Gasteiger partial charge in [0, 0.05) is 12.1 Å². The maximum absolute atomic E-state index is 13.4. The summed E-state index contributed by atoms with van der Waals surface area (Å²) in [6, 6.07) is 4.81. The number of nitrogen functional groups attached to an aromatic ring is 1. The molecule has 0 atom stereocenters. The quantitative estimate of drug-likeness (QED) is 0.636. The van der Waals surface area contributed by atoms with Crippen LogP contribution in [0.4, 0.5) is 34.6 Å². The first kappa shape index (κ1) is 12.2. The lowest BCUT2D eigenvalue weighted by Crippen LogP contribution is -2.02. The minimum atomic E-state index is -1.13. The molecule has 0 spiro atoms. The zero-order chi connectivity index (χ0) is 13.3. The largest absolute Gasteiger partial charge is 0.395 e. The van der Waals surface area contributed by atoms with E-state index in [0.29, 0.717) is 12.1 Å². The molecule has 0 amide bonds. The van der Waals surface area contributed by atoms with Gasteiger partial charge in [-0.1, -0.05) is 6.07 Å². The van der Waals surface area contributed by atoms with Crippen molar-refractivity contribution >= 4 is 17.1 Å². The highest BCUT2D eigenvalue weighted by Crippen LogP contribution is 2.28. The number of nitrogens with one attached hydrogen (secondary N) is 1. The van der Waals surface area contributed by atoms with Crippen LogP contribution in [0.5, 0.6) is 0 Å². The Hall–Kier alpha value is -2.24. The second kappa shape index (κ2) is 4.56. The highest BCUT2D eigenvalue weighted by Gasteiger charge is 2.13. The SMILES string of the molecule is Nc1c(F)cccc1Nc1c(F)cc(F)cc1F. The van der Waals surface area contributed by atoms with E-state index in [-0.39, 0.29) is 11.4 Å². The van der Waals surface area contributed by atoms with Gasteiger partial charge in [0.2, 0.25) is 0 Å². The fourth-order valence-electron chi connectivity index (χ4n) is 1.44. The van der Waals surface area contributed by atoms with Crippen molar-refractivity contribution in [2.75, 3.05) is 11.1 Å². The molecule has 18 heavy (non-hydrogen) atoms. The summed E-state index contributed by atoms with van der Waals surface area (Å²) in [5.74, 6) is -4.02. The minimum Gasteiger partial charge on any atom is -0.395 e. The van der Waals surface area contributed by atoms with E-state index >= 15 is 0 Å². The van der Waals surface area contributed by atoms with E-state index in [4.69, 9.17) is 5.73 Å². The zero-order valence-electron chi connectivity index (χ0n) is 8.98. The van der Waals surface area contributed by atoms with E-state index in [1.165, 1.54) is 12.1 Å². The molecule has 2 aromatic carbocycles. The molecule has 2 aromatic rings. The fourth-order valence-corrected chi connectivity index (χ4v) is 1.44. The van der Waals surface area contributed by atoms with Crippen LogP contribution in [0.2, 0.25) is 0 Å². The summed E-state index contributed by atoms with van der Waals surface area (Å²) < 4.78 is 52.5. The maximum Gasteiger partial charge on any atom is 0.152 e. The Morgan fingerprint density at radius 3 is 2.11 bits per heavy atom. The molecule has 0 heterocycles. The molecular weight excluding hydrogens is 248 g/mol. The second-order valence-corrected chi connectivity index (χ2v) is 3.57. The van der Waals surface area contributed by atoms with Crippen LogP contribution in [0.3, 0.4) is 0 Å². The van der Waals surface area contributed by atoms with Crippen molar-refractivity contribution in [2.45, 2.75) is 0 Å². The molecule has 0 aliphatic heterocycles. The smallest absolute Gasteiger partial charge is 0.152 e. The Bertz CT molecular complexity index is 576. The van der Waals surface area contributed by atoms with Crippen LogP contribution in [0.15, 0.2) is 30.3 Å². The number of nitrogens with two attached hydrogens (primary N) is 1. The van der Waals surface area contributed by atoms with Gasteiger partial charge in [0.1, 0.15) is 17.3 Å². The summed E-state index contributed by atoms with van der Waals surface area (Å²) in [6.07, 6.45) is 0. The summed E-state index contributed by atoms with van der Waals surface area (Å²) in [5, 5.41) is 2.30. The van der Waals surface area contributed by atoms with E-state index in [9.17, 15) is 17.6 Å². The third-order valence-corrected chi connectivity index (χ3v) is 2.32. The van der Waals surface area contributed by atoms with Crippen LogP contribution in [0, 0.1) is 23.3 Å². The number of benzene rings is 2. The molecule has 0 saturated heterocycles. The van der Waals surface area contributed by atoms with Crippen LogP contribution < -0.4 is 11.1 Å². The average molecular weight is 256 g/mol. The van der Waals surface area contributed by atoms with Gasteiger partial charge in [-0.2, -0.15) is 0 Å². The van der Waals surface area contributed by atoms with E-state index in [2.05, 4.69) is 5.32 Å². The van der Waals surface area contributed by atoms with Gasteiger partial charge >= 0.3 is 0 Å². The van der Waals surface area contributed by atoms with Gasteiger partial charge < -0.3 is 11.1 Å². The van der Waals surface area contributed by atoms with E-state index in [0.717, 1.165) is 6.07 Å². The number of hydrogen-bond acceptors (Lipinski definition) is 2. The van der Waals surface area contributed by atoms with Crippen LogP contribution >= 0.6 is 0 Å². The van der Waals surface area contributed by atoms with Crippen molar-refractivity contribution in [1.82, 2.24) is 0 Å². The molecule has 0 aromatic heterocycles. The Kier molecular flexibility index (Phi) is 3.10. The van der Waals surface area contributed by atoms with Gasteiger partial charge in [-0.3, -0.25) is 0 Å². The summed E-state index contributed by atoms with van der Waals surface area (Å²) in [6.45, 7) is 0. The maximum atomic E-state index is 13.4. The summed E-state index contributed by atoms with van der Waals surface area (Å²) >= 11 is 0. The number of halogens is 4. The Morgan fingerprint density at radius 2 is 1.50 bits per heavy atom. The predicted molar refractivity (Wildman–Crippen MR) is 60.4 cm³/mol. The second-order valence-electron chi connectivity index (χ2n) is 3.57. The first-order valence-electron chi connectivity index (χ1n) is 4.94. The molecule has 0 radical (unpaired) electrons. The molecular formula is C12H8F4N2. The predicted octanol–water partition coefficient (Wildman–Crippen LogP) is 3.57. The van der Waals surface area contributed by atoms with Gasteiger partial charge in [-0.05, 0) is 12.1 Å². The number of para-hydroxylation sites is 1. The molecule has 2 nitrogen and oxygen atoms in total. The Labute approximate surface area is 100 Å². The monoisotopic (exact) mass is 256 g/mol. The van der Waals surface area contributed by atoms with Gasteiger partial charge in [0.25, 0.3) is 0 Å². The lowest BCUT2D eigenvalue weighted by Gasteiger charge is -2.11. The third-order valence-electron chi connectivity index (χ3n) is 2.32.